The molecule has 6 nitrogen and oxygen atoms in total. The molecule has 0 fully saturated rings. The molecule has 0 aliphatic rings. The molecule has 2 heterocycles. The van der Waals surface area contributed by atoms with Gasteiger partial charge in [-0.25, -0.2) is 4.98 Å². The van der Waals surface area contributed by atoms with E-state index in [-0.39, 0.29) is 12.3 Å². The molecule has 0 amide bonds. The lowest BCUT2D eigenvalue weighted by Gasteiger charge is -2.09. The predicted octanol–water partition coefficient (Wildman–Crippen LogP) is 3.34. The number of anilines is 1. The number of benzene rings is 2. The lowest BCUT2D eigenvalue weighted by atomic mass is 10.1. The molecule has 4 rings (SSSR count). The Bertz CT molecular complexity index is 1060. The first-order chi connectivity index (χ1) is 12.1. The fourth-order valence-corrected chi connectivity index (χ4v) is 2.86. The van der Waals surface area contributed by atoms with E-state index in [0.717, 1.165) is 11.0 Å². The first-order valence-corrected chi connectivity index (χ1v) is 8.05. The minimum atomic E-state index is -0.0493. The number of ketones is 1. The molecule has 0 unspecified atom stereocenters. The highest BCUT2D eigenvalue weighted by Crippen LogP contribution is 2.21. The summed E-state index contributed by atoms with van der Waals surface area (Å²) >= 11 is 5.90. The molecule has 2 aromatic carbocycles. The Morgan fingerprint density at radius 3 is 2.56 bits per heavy atom. The number of hydrogen-bond acceptors (Lipinski definition) is 4. The smallest absolute Gasteiger partial charge is 0.234 e. The normalized spacial score (nSPS) is 11.1. The van der Waals surface area contributed by atoms with Crippen LogP contribution in [-0.2, 0) is 6.54 Å². The van der Waals surface area contributed by atoms with Gasteiger partial charge in [0.15, 0.2) is 5.78 Å². The minimum absolute atomic E-state index is 0.0493. The van der Waals surface area contributed by atoms with Crippen LogP contribution in [0.25, 0.3) is 17.0 Å². The maximum Gasteiger partial charge on any atom is 0.234 e. The molecule has 2 N–H and O–H groups in total. The second-order valence-electron chi connectivity index (χ2n) is 5.58. The second kappa shape index (κ2) is 6.07. The number of carbonyl (C=O) groups excluding carboxylic acids is 1. The van der Waals surface area contributed by atoms with Crippen molar-refractivity contribution >= 4 is 34.2 Å². The summed E-state index contributed by atoms with van der Waals surface area (Å²) in [5.74, 6) is 0.910. The molecule has 0 saturated carbocycles. The third kappa shape index (κ3) is 2.77. The Labute approximate surface area is 148 Å². The van der Waals surface area contributed by atoms with Crippen LogP contribution in [0.15, 0.2) is 60.8 Å². The van der Waals surface area contributed by atoms with Crippen molar-refractivity contribution in [3.63, 3.8) is 0 Å². The molecule has 0 spiro atoms. The highest BCUT2D eigenvalue weighted by molar-refractivity contribution is 6.30. The van der Waals surface area contributed by atoms with Crippen LogP contribution < -0.4 is 5.73 Å². The van der Waals surface area contributed by atoms with E-state index in [9.17, 15) is 4.79 Å². The van der Waals surface area contributed by atoms with Crippen LogP contribution in [0.1, 0.15) is 10.4 Å². The van der Waals surface area contributed by atoms with Crippen LogP contribution in [0.2, 0.25) is 5.02 Å². The van der Waals surface area contributed by atoms with E-state index < -0.39 is 0 Å². The second-order valence-corrected chi connectivity index (χ2v) is 6.02. The number of hydrogen-bond donors (Lipinski definition) is 1. The Balaban J connectivity index is 1.81. The van der Waals surface area contributed by atoms with E-state index in [0.29, 0.717) is 22.4 Å². The summed E-state index contributed by atoms with van der Waals surface area (Å²) in [5.41, 5.74) is 8.17. The van der Waals surface area contributed by atoms with Gasteiger partial charge in [0.1, 0.15) is 5.82 Å². The Hall–Kier alpha value is -3.12. The maximum atomic E-state index is 12.7. The molecule has 0 atom stereocenters. The number of imidazole rings is 1. The zero-order valence-corrected chi connectivity index (χ0v) is 13.9. The average Bonchev–Trinajstić information content (AvgIpc) is 3.19. The Morgan fingerprint density at radius 2 is 1.84 bits per heavy atom. The molecular formula is C18H14ClN5O. The molecule has 0 saturated heterocycles. The van der Waals surface area contributed by atoms with Crippen molar-refractivity contribution < 1.29 is 4.79 Å². The lowest BCUT2D eigenvalue weighted by molar-refractivity contribution is 0.0973. The predicted molar refractivity (Wildman–Crippen MR) is 97.0 cm³/mol. The van der Waals surface area contributed by atoms with Crippen molar-refractivity contribution in [1.82, 2.24) is 19.3 Å². The molecule has 7 heteroatoms. The number of aromatic nitrogens is 4. The van der Waals surface area contributed by atoms with Crippen LogP contribution in [0.5, 0.6) is 0 Å². The van der Waals surface area contributed by atoms with Crippen LogP contribution >= 0.6 is 11.6 Å². The van der Waals surface area contributed by atoms with Gasteiger partial charge in [0.05, 0.1) is 23.8 Å². The van der Waals surface area contributed by atoms with Crippen molar-refractivity contribution in [2.24, 2.45) is 0 Å². The molecule has 0 aliphatic carbocycles. The van der Waals surface area contributed by atoms with Crippen molar-refractivity contribution in [3.05, 3.63) is 71.4 Å². The summed E-state index contributed by atoms with van der Waals surface area (Å²) < 4.78 is 3.34. The fraction of sp³-hybridized carbons (Fsp3) is 0.0556. The van der Waals surface area contributed by atoms with Gasteiger partial charge in [-0.15, -0.1) is 0 Å². The molecule has 2 aromatic heterocycles. The number of nitrogen functional groups attached to an aromatic ring is 1. The van der Waals surface area contributed by atoms with Gasteiger partial charge in [0, 0.05) is 16.7 Å². The van der Waals surface area contributed by atoms with Crippen molar-refractivity contribution in [2.45, 2.75) is 6.54 Å². The van der Waals surface area contributed by atoms with Crippen molar-refractivity contribution in [1.29, 1.82) is 0 Å². The lowest BCUT2D eigenvalue weighted by Crippen LogP contribution is -2.16. The third-order valence-corrected chi connectivity index (χ3v) is 4.22. The molecule has 0 bridgehead atoms. The third-order valence-electron chi connectivity index (χ3n) is 3.96. The highest BCUT2D eigenvalue weighted by Gasteiger charge is 2.17. The number of Topliss-reactive ketones (excluding diaryl/α,β-unsaturated/α-hetero) is 1. The summed E-state index contributed by atoms with van der Waals surface area (Å²) in [4.78, 5) is 17.3. The van der Waals surface area contributed by atoms with E-state index in [4.69, 9.17) is 17.3 Å². The SMILES string of the molecule is Nc1ccnn1-c1nc2ccccc2n1CC(=O)c1ccc(Cl)cc1. The quantitative estimate of drug-likeness (QED) is 0.572. The Kier molecular flexibility index (Phi) is 3.74. The number of fused-ring (bicyclic) bond motifs is 1. The summed E-state index contributed by atoms with van der Waals surface area (Å²) in [6.07, 6.45) is 1.60. The van der Waals surface area contributed by atoms with Crippen LogP contribution in [-0.4, -0.2) is 25.1 Å². The number of para-hydroxylation sites is 2. The fourth-order valence-electron chi connectivity index (χ4n) is 2.73. The zero-order chi connectivity index (χ0) is 17.4. The van der Waals surface area contributed by atoms with E-state index >= 15 is 0 Å². The van der Waals surface area contributed by atoms with Gasteiger partial charge in [0.25, 0.3) is 0 Å². The van der Waals surface area contributed by atoms with E-state index in [1.165, 1.54) is 4.68 Å². The van der Waals surface area contributed by atoms with Crippen LogP contribution in [0.4, 0.5) is 5.82 Å². The van der Waals surface area contributed by atoms with Crippen LogP contribution in [0.3, 0.4) is 0 Å². The highest BCUT2D eigenvalue weighted by atomic mass is 35.5. The van der Waals surface area contributed by atoms with Gasteiger partial charge in [-0.2, -0.15) is 9.78 Å². The first kappa shape index (κ1) is 15.4. The standard InChI is InChI=1S/C18H14ClN5O/c19-13-7-5-12(6-8-13)16(25)11-23-15-4-2-1-3-14(15)22-18(23)24-17(20)9-10-21-24/h1-10H,11,20H2. The van der Waals surface area contributed by atoms with Gasteiger partial charge in [-0.3, -0.25) is 4.79 Å². The first-order valence-electron chi connectivity index (χ1n) is 7.67. The Morgan fingerprint density at radius 1 is 1.08 bits per heavy atom. The minimum Gasteiger partial charge on any atom is -0.383 e. The number of rotatable bonds is 4. The van der Waals surface area contributed by atoms with Gasteiger partial charge < -0.3 is 10.3 Å². The number of nitrogens with two attached hydrogens (primary N) is 1. The van der Waals surface area contributed by atoms with Gasteiger partial charge >= 0.3 is 0 Å². The van der Waals surface area contributed by atoms with Gasteiger partial charge in [-0.05, 0) is 36.4 Å². The van der Waals surface area contributed by atoms with E-state index in [1.807, 2.05) is 28.8 Å². The van der Waals surface area contributed by atoms with E-state index in [1.54, 1.807) is 36.5 Å². The monoisotopic (exact) mass is 351 g/mol. The average molecular weight is 352 g/mol. The molecule has 4 aromatic rings. The molecular weight excluding hydrogens is 338 g/mol. The largest absolute Gasteiger partial charge is 0.383 e. The zero-order valence-electron chi connectivity index (χ0n) is 13.1. The molecule has 0 radical (unpaired) electrons. The summed E-state index contributed by atoms with van der Waals surface area (Å²) in [7, 11) is 0. The summed E-state index contributed by atoms with van der Waals surface area (Å²) in [6.45, 7) is 0.122. The van der Waals surface area contributed by atoms with Crippen LogP contribution in [0, 0.1) is 0 Å². The molecule has 25 heavy (non-hydrogen) atoms. The number of nitrogens with zero attached hydrogens (tertiary/aromatic N) is 4. The van der Waals surface area contributed by atoms with E-state index in [2.05, 4.69) is 10.1 Å². The van der Waals surface area contributed by atoms with Gasteiger partial charge in [0.2, 0.25) is 5.95 Å². The number of carbonyl (C=O) groups is 1. The maximum absolute atomic E-state index is 12.7. The molecule has 124 valence electrons. The number of halogens is 1. The topological polar surface area (TPSA) is 78.7 Å². The van der Waals surface area contributed by atoms with Crippen molar-refractivity contribution in [2.75, 3.05) is 5.73 Å². The summed E-state index contributed by atoms with van der Waals surface area (Å²) in [5, 5.41) is 4.81. The molecule has 0 aliphatic heterocycles. The van der Waals surface area contributed by atoms with Gasteiger partial charge in [-0.1, -0.05) is 23.7 Å². The summed E-state index contributed by atoms with van der Waals surface area (Å²) in [6, 6.07) is 16.1. The van der Waals surface area contributed by atoms with Crippen molar-refractivity contribution in [3.8, 4) is 5.95 Å².